The van der Waals surface area contributed by atoms with Crippen LogP contribution in [0.3, 0.4) is 0 Å². The van der Waals surface area contributed by atoms with Crippen molar-refractivity contribution in [2.45, 2.75) is 18.8 Å². The average Bonchev–Trinajstić information content (AvgIpc) is 3.87. The number of para-hydroxylation sites is 1. The van der Waals surface area contributed by atoms with E-state index < -0.39 is 0 Å². The first-order valence-electron chi connectivity index (χ1n) is 17.7. The van der Waals surface area contributed by atoms with Crippen LogP contribution in [0.15, 0.2) is 158 Å². The van der Waals surface area contributed by atoms with Crippen molar-refractivity contribution in [1.29, 1.82) is 0 Å². The fourth-order valence-electron chi connectivity index (χ4n) is 8.45. The van der Waals surface area contributed by atoms with Gasteiger partial charge in [0, 0.05) is 57.2 Å². The monoisotopic (exact) mass is 691 g/mol. The lowest BCUT2D eigenvalue weighted by molar-refractivity contribution is 0.306. The van der Waals surface area contributed by atoms with Crippen molar-refractivity contribution in [3.8, 4) is 11.1 Å². The summed E-state index contributed by atoms with van der Waals surface area (Å²) in [5.41, 5.74) is 7.66. The molecule has 0 saturated carbocycles. The first-order valence-corrected chi connectivity index (χ1v) is 19.3. The van der Waals surface area contributed by atoms with Crippen molar-refractivity contribution in [3.63, 3.8) is 0 Å². The number of aromatic nitrogens is 1. The maximum absolute atomic E-state index is 3.99. The van der Waals surface area contributed by atoms with Crippen molar-refractivity contribution in [3.05, 3.63) is 163 Å². The number of benzene rings is 6. The molecule has 3 atom stereocenters. The molecule has 0 spiro atoms. The van der Waals surface area contributed by atoms with Crippen LogP contribution < -0.4 is 10.6 Å². The van der Waals surface area contributed by atoms with Crippen LogP contribution in [0.2, 0.25) is 0 Å². The van der Waals surface area contributed by atoms with Crippen LogP contribution in [0, 0.1) is 5.92 Å². The zero-order valence-electron chi connectivity index (χ0n) is 27.7. The van der Waals surface area contributed by atoms with E-state index in [2.05, 4.69) is 173 Å². The number of hydrogen-bond acceptors (Lipinski definition) is 4. The third-order valence-corrected chi connectivity index (χ3v) is 13.3. The van der Waals surface area contributed by atoms with Gasteiger partial charge in [-0.15, -0.1) is 22.7 Å². The number of thiophene rings is 2. The second-order valence-electron chi connectivity index (χ2n) is 13.7. The lowest BCUT2D eigenvalue weighted by Crippen LogP contribution is -2.47. The zero-order chi connectivity index (χ0) is 33.5. The summed E-state index contributed by atoms with van der Waals surface area (Å²) in [5, 5.41) is 15.6. The van der Waals surface area contributed by atoms with Gasteiger partial charge in [-0.05, 0) is 71.1 Å². The number of allylic oxidation sites excluding steroid dienone is 3. The van der Waals surface area contributed by atoms with Gasteiger partial charge in [0.1, 0.15) is 0 Å². The molecular formula is C46H33N3S2. The third kappa shape index (κ3) is 4.59. The normalized spacial score (nSPS) is 19.1. The molecule has 6 aromatic carbocycles. The topological polar surface area (TPSA) is 29.0 Å². The molecule has 0 fully saturated rings. The predicted molar refractivity (Wildman–Crippen MR) is 221 cm³/mol. The van der Waals surface area contributed by atoms with Gasteiger partial charge in [0.2, 0.25) is 0 Å². The minimum atomic E-state index is -0.0784. The first-order chi connectivity index (χ1) is 25.3. The van der Waals surface area contributed by atoms with E-state index in [9.17, 15) is 0 Å². The average molecular weight is 692 g/mol. The van der Waals surface area contributed by atoms with Crippen LogP contribution in [-0.4, -0.2) is 10.6 Å². The highest BCUT2D eigenvalue weighted by Gasteiger charge is 2.27. The Balaban J connectivity index is 0.922. The zero-order valence-corrected chi connectivity index (χ0v) is 29.3. The Kier molecular flexibility index (Phi) is 6.63. The molecule has 1 aliphatic carbocycles. The minimum absolute atomic E-state index is 0.0784. The van der Waals surface area contributed by atoms with Crippen LogP contribution in [0.5, 0.6) is 0 Å². The molecule has 51 heavy (non-hydrogen) atoms. The molecule has 2 aliphatic rings. The van der Waals surface area contributed by atoms with Crippen molar-refractivity contribution < 1.29 is 0 Å². The van der Waals surface area contributed by atoms with Crippen molar-refractivity contribution in [1.82, 2.24) is 15.2 Å². The Bertz CT molecular complexity index is 2930. The molecule has 0 radical (unpaired) electrons. The number of hydrogen-bond donors (Lipinski definition) is 2. The molecule has 0 amide bonds. The molecule has 2 N–H and O–H groups in total. The Morgan fingerprint density at radius 3 is 1.96 bits per heavy atom. The van der Waals surface area contributed by atoms with Gasteiger partial charge in [0.05, 0.1) is 11.0 Å². The Labute approximate surface area is 303 Å². The molecule has 11 rings (SSSR count). The van der Waals surface area contributed by atoms with Crippen LogP contribution in [0.4, 0.5) is 0 Å². The van der Waals surface area contributed by atoms with Crippen LogP contribution in [-0.2, 0) is 0 Å². The van der Waals surface area contributed by atoms with Gasteiger partial charge in [-0.3, -0.25) is 5.32 Å². The molecule has 4 heterocycles. The summed E-state index contributed by atoms with van der Waals surface area (Å²) in [4.78, 5) is 0. The van der Waals surface area contributed by atoms with Gasteiger partial charge in [0.15, 0.2) is 6.29 Å². The summed E-state index contributed by atoms with van der Waals surface area (Å²) in [6, 6.07) is 47.1. The van der Waals surface area contributed by atoms with Crippen LogP contribution in [0.25, 0.3) is 78.9 Å². The van der Waals surface area contributed by atoms with E-state index in [4.69, 9.17) is 0 Å². The fourth-order valence-corrected chi connectivity index (χ4v) is 10.9. The summed E-state index contributed by atoms with van der Waals surface area (Å²) in [5.74, 6) is 0.359. The van der Waals surface area contributed by atoms with E-state index >= 15 is 0 Å². The number of nitrogens with zero attached hydrogens (tertiary/aromatic N) is 1. The molecule has 3 aromatic heterocycles. The van der Waals surface area contributed by atoms with E-state index in [1.54, 1.807) is 0 Å². The number of fused-ring (bicyclic) bond motifs is 9. The maximum Gasteiger partial charge on any atom is 0.159 e. The molecule has 244 valence electrons. The second kappa shape index (κ2) is 11.5. The van der Waals surface area contributed by atoms with E-state index in [-0.39, 0.29) is 12.3 Å². The van der Waals surface area contributed by atoms with E-state index in [1.807, 2.05) is 22.7 Å². The molecule has 3 nitrogen and oxygen atoms in total. The molecular weight excluding hydrogens is 659 g/mol. The minimum Gasteiger partial charge on any atom is -0.359 e. The van der Waals surface area contributed by atoms with Gasteiger partial charge < -0.3 is 9.88 Å². The summed E-state index contributed by atoms with van der Waals surface area (Å²) >= 11 is 3.79. The SMILES string of the molecule is C1=CC(C2C=CC(c3cccc4c3sc3ccccc34)=CC2)NC(n2c3ccccc3c3cc(-c4cccc5c4sc4ccccc45)ccc32)N1. The van der Waals surface area contributed by atoms with E-state index in [1.165, 1.54) is 84.4 Å². The Morgan fingerprint density at radius 2 is 1.22 bits per heavy atom. The van der Waals surface area contributed by atoms with E-state index in [0.717, 1.165) is 6.42 Å². The number of rotatable bonds is 4. The molecule has 3 unspecified atom stereocenters. The molecule has 0 bridgehead atoms. The highest BCUT2D eigenvalue weighted by molar-refractivity contribution is 7.26. The van der Waals surface area contributed by atoms with Gasteiger partial charge in [-0.2, -0.15) is 0 Å². The largest absolute Gasteiger partial charge is 0.359 e. The predicted octanol–water partition coefficient (Wildman–Crippen LogP) is 12.4. The van der Waals surface area contributed by atoms with Gasteiger partial charge >= 0.3 is 0 Å². The lowest BCUT2D eigenvalue weighted by atomic mass is 9.87. The summed E-state index contributed by atoms with van der Waals surface area (Å²) < 4.78 is 7.86. The maximum atomic E-state index is 3.99. The fraction of sp³-hybridized carbons (Fsp3) is 0.0870. The second-order valence-corrected chi connectivity index (χ2v) is 15.8. The van der Waals surface area contributed by atoms with Gasteiger partial charge in [-0.25, -0.2) is 0 Å². The third-order valence-electron chi connectivity index (χ3n) is 10.9. The van der Waals surface area contributed by atoms with Crippen molar-refractivity contribution >= 4 is 90.4 Å². The van der Waals surface area contributed by atoms with Gasteiger partial charge in [-0.1, -0.05) is 121 Å². The molecule has 1 aliphatic heterocycles. The first kappa shape index (κ1) is 29.3. The highest BCUT2D eigenvalue weighted by atomic mass is 32.1. The lowest BCUT2D eigenvalue weighted by Gasteiger charge is -2.34. The van der Waals surface area contributed by atoms with Crippen molar-refractivity contribution in [2.24, 2.45) is 5.92 Å². The van der Waals surface area contributed by atoms with Crippen LogP contribution in [0.1, 0.15) is 18.3 Å². The molecule has 9 aromatic rings. The summed E-state index contributed by atoms with van der Waals surface area (Å²) in [6.45, 7) is 0. The molecule has 5 heteroatoms. The Morgan fingerprint density at radius 1 is 0.569 bits per heavy atom. The smallest absolute Gasteiger partial charge is 0.159 e. The van der Waals surface area contributed by atoms with Gasteiger partial charge in [0.25, 0.3) is 0 Å². The standard InChI is InChI=1S/C46H33N3S2/c1-4-16-40-33(9-1)38-27-30(32-13-8-15-37-35-11-3-6-18-43(35)51-45(32)37)23-24-41(38)49(40)46-47-26-25-39(48-46)29-21-19-28(20-22-29)31-12-7-14-36-34-10-2-5-17-42(34)50-44(31)36/h1-21,23-27,29,39,46-48H,22H2. The van der Waals surface area contributed by atoms with E-state index in [0.29, 0.717) is 5.92 Å². The molecule has 0 saturated heterocycles. The summed E-state index contributed by atoms with van der Waals surface area (Å²) in [7, 11) is 0. The van der Waals surface area contributed by atoms with Crippen LogP contribution >= 0.6 is 22.7 Å². The quantitative estimate of drug-likeness (QED) is 0.192. The highest BCUT2D eigenvalue weighted by Crippen LogP contribution is 2.43. The van der Waals surface area contributed by atoms with Crippen molar-refractivity contribution in [2.75, 3.05) is 0 Å². The summed E-state index contributed by atoms with van der Waals surface area (Å²) in [6.07, 6.45) is 12.5. The number of nitrogens with one attached hydrogen (secondary N) is 2. The Hall–Kier alpha value is -5.46.